The normalized spacial score (nSPS) is 9.61. The molecule has 0 saturated heterocycles. The zero-order valence-corrected chi connectivity index (χ0v) is 12.4. The number of hydrogen-bond acceptors (Lipinski definition) is 2. The Kier molecular flexibility index (Phi) is 5.21. The summed E-state index contributed by atoms with van der Waals surface area (Å²) in [6.45, 7) is 0.504. The predicted octanol–water partition coefficient (Wildman–Crippen LogP) is 2.24. The van der Waals surface area contributed by atoms with Crippen LogP contribution in [0.1, 0.15) is 5.56 Å². The number of hydrogen-bond donors (Lipinski definition) is 2. The van der Waals surface area contributed by atoms with Gasteiger partial charge in [0.05, 0.1) is 13.7 Å². The third kappa shape index (κ3) is 3.49. The minimum atomic E-state index is 0. The Labute approximate surface area is 123 Å². The summed E-state index contributed by atoms with van der Waals surface area (Å²) < 4.78 is 5.18. The van der Waals surface area contributed by atoms with E-state index in [-0.39, 0.29) is 29.9 Å². The van der Waals surface area contributed by atoms with Gasteiger partial charge in [0.1, 0.15) is 5.75 Å². The Balaban J connectivity index is 0.00000162. The van der Waals surface area contributed by atoms with Crippen LogP contribution in [0.3, 0.4) is 0 Å². The molecule has 0 aliphatic carbocycles. The van der Waals surface area contributed by atoms with Crippen molar-refractivity contribution in [3.8, 4) is 5.75 Å². The summed E-state index contributed by atoms with van der Waals surface area (Å²) in [7, 11) is 1.66. The number of nitrogens with zero attached hydrogens (tertiary/aromatic N) is 1. The summed E-state index contributed by atoms with van der Waals surface area (Å²) in [4.78, 5) is 3.98. The standard InChI is InChI=1S/C13H15N3O.HI/c1-17-12-5-4-10-6-9(8-16-13(14)15)2-3-11(10)7-12;/h2-7H,8H2,1H3,(H4,14,15,16);1H. The van der Waals surface area contributed by atoms with Crippen LogP contribution in [-0.4, -0.2) is 13.1 Å². The second-order valence-corrected chi connectivity index (χ2v) is 3.79. The van der Waals surface area contributed by atoms with E-state index in [2.05, 4.69) is 11.1 Å². The van der Waals surface area contributed by atoms with E-state index in [0.717, 1.165) is 22.1 Å². The molecule has 0 atom stereocenters. The van der Waals surface area contributed by atoms with Gasteiger partial charge >= 0.3 is 0 Å². The molecule has 0 aromatic heterocycles. The van der Waals surface area contributed by atoms with Crippen LogP contribution in [0.25, 0.3) is 10.8 Å². The first-order valence-corrected chi connectivity index (χ1v) is 5.31. The number of benzene rings is 2. The van der Waals surface area contributed by atoms with Crippen molar-refractivity contribution in [2.75, 3.05) is 7.11 Å². The van der Waals surface area contributed by atoms with Crippen LogP contribution in [0.15, 0.2) is 41.4 Å². The first-order chi connectivity index (χ1) is 8.19. The lowest BCUT2D eigenvalue weighted by Gasteiger charge is -2.04. The van der Waals surface area contributed by atoms with E-state index in [1.165, 1.54) is 0 Å². The number of halogens is 1. The molecule has 0 spiro atoms. The van der Waals surface area contributed by atoms with Crippen LogP contribution in [0.4, 0.5) is 0 Å². The molecule has 96 valence electrons. The molecule has 18 heavy (non-hydrogen) atoms. The second-order valence-electron chi connectivity index (χ2n) is 3.79. The van der Waals surface area contributed by atoms with E-state index in [1.54, 1.807) is 7.11 Å². The highest BCUT2D eigenvalue weighted by atomic mass is 127. The van der Waals surface area contributed by atoms with Crippen molar-refractivity contribution in [3.63, 3.8) is 0 Å². The number of guanidine groups is 1. The van der Waals surface area contributed by atoms with Crippen LogP contribution in [0, 0.1) is 0 Å². The van der Waals surface area contributed by atoms with Gasteiger partial charge in [-0.15, -0.1) is 24.0 Å². The van der Waals surface area contributed by atoms with Gasteiger partial charge in [-0.2, -0.15) is 0 Å². The maximum atomic E-state index is 5.30. The summed E-state index contributed by atoms with van der Waals surface area (Å²) in [5.41, 5.74) is 11.7. The fraction of sp³-hybridized carbons (Fsp3) is 0.154. The molecule has 0 bridgehead atoms. The van der Waals surface area contributed by atoms with Crippen LogP contribution >= 0.6 is 24.0 Å². The molecule has 4 nitrogen and oxygen atoms in total. The summed E-state index contributed by atoms with van der Waals surface area (Å²) in [6.07, 6.45) is 0. The van der Waals surface area contributed by atoms with Crippen molar-refractivity contribution >= 4 is 40.7 Å². The summed E-state index contributed by atoms with van der Waals surface area (Å²) in [6, 6.07) is 12.1. The zero-order valence-electron chi connectivity index (χ0n) is 10.1. The van der Waals surface area contributed by atoms with Gasteiger partial charge in [0.2, 0.25) is 0 Å². The van der Waals surface area contributed by atoms with Crippen molar-refractivity contribution in [1.29, 1.82) is 0 Å². The number of ether oxygens (including phenoxy) is 1. The average molecular weight is 357 g/mol. The maximum Gasteiger partial charge on any atom is 0.186 e. The maximum absolute atomic E-state index is 5.30. The Morgan fingerprint density at radius 1 is 1.11 bits per heavy atom. The third-order valence-corrected chi connectivity index (χ3v) is 2.56. The van der Waals surface area contributed by atoms with Crippen LogP contribution in [0.2, 0.25) is 0 Å². The molecule has 0 saturated carbocycles. The molecule has 0 heterocycles. The molecule has 5 heteroatoms. The van der Waals surface area contributed by atoms with Crippen molar-refractivity contribution < 1.29 is 4.74 Å². The second kappa shape index (κ2) is 6.44. The average Bonchev–Trinajstić information content (AvgIpc) is 2.35. The molecule has 2 aromatic carbocycles. The van der Waals surface area contributed by atoms with Gasteiger partial charge < -0.3 is 16.2 Å². The Morgan fingerprint density at radius 3 is 2.44 bits per heavy atom. The molecule has 2 aromatic rings. The molecule has 2 rings (SSSR count). The van der Waals surface area contributed by atoms with Crippen molar-refractivity contribution in [3.05, 3.63) is 42.0 Å². The molecular formula is C13H16IN3O. The van der Waals surface area contributed by atoms with E-state index in [4.69, 9.17) is 16.2 Å². The lowest BCUT2D eigenvalue weighted by atomic mass is 10.1. The van der Waals surface area contributed by atoms with Crippen LogP contribution < -0.4 is 16.2 Å². The van der Waals surface area contributed by atoms with Crippen LogP contribution in [0.5, 0.6) is 5.75 Å². The van der Waals surface area contributed by atoms with Gasteiger partial charge in [-0.3, -0.25) is 0 Å². The highest BCUT2D eigenvalue weighted by molar-refractivity contribution is 14.0. The van der Waals surface area contributed by atoms with Crippen LogP contribution in [-0.2, 0) is 6.54 Å². The van der Waals surface area contributed by atoms with Gasteiger partial charge in [0, 0.05) is 0 Å². The lowest BCUT2D eigenvalue weighted by molar-refractivity contribution is 0.415. The highest BCUT2D eigenvalue weighted by Gasteiger charge is 1.98. The first kappa shape index (κ1) is 14.6. The van der Waals surface area contributed by atoms with Crippen molar-refractivity contribution in [1.82, 2.24) is 0 Å². The monoisotopic (exact) mass is 357 g/mol. The largest absolute Gasteiger partial charge is 0.497 e. The van der Waals surface area contributed by atoms with Gasteiger partial charge in [-0.25, -0.2) is 4.99 Å². The molecule has 0 aliphatic rings. The minimum absolute atomic E-state index is 0. The fourth-order valence-corrected chi connectivity index (χ4v) is 1.68. The quantitative estimate of drug-likeness (QED) is 0.503. The molecule has 0 unspecified atom stereocenters. The van der Waals surface area contributed by atoms with Crippen molar-refractivity contribution in [2.45, 2.75) is 6.54 Å². The number of nitrogens with two attached hydrogens (primary N) is 2. The third-order valence-electron chi connectivity index (χ3n) is 2.56. The molecule has 0 amide bonds. The highest BCUT2D eigenvalue weighted by Crippen LogP contribution is 2.22. The van der Waals surface area contributed by atoms with Gasteiger partial charge in [-0.1, -0.05) is 18.2 Å². The molecule has 4 N–H and O–H groups in total. The van der Waals surface area contributed by atoms with Crippen molar-refractivity contribution in [2.24, 2.45) is 16.5 Å². The topological polar surface area (TPSA) is 73.6 Å². The van der Waals surface area contributed by atoms with E-state index >= 15 is 0 Å². The smallest absolute Gasteiger partial charge is 0.186 e. The number of aliphatic imine (C=N–C) groups is 1. The zero-order chi connectivity index (χ0) is 12.3. The summed E-state index contributed by atoms with van der Waals surface area (Å²) >= 11 is 0. The number of methoxy groups -OCH3 is 1. The number of rotatable bonds is 3. The molecular weight excluding hydrogens is 341 g/mol. The molecule has 0 fully saturated rings. The summed E-state index contributed by atoms with van der Waals surface area (Å²) in [5, 5.41) is 2.28. The Morgan fingerprint density at radius 2 is 1.78 bits per heavy atom. The predicted molar refractivity (Wildman–Crippen MR) is 85.4 cm³/mol. The molecule has 0 radical (unpaired) electrons. The summed E-state index contributed by atoms with van der Waals surface area (Å²) in [5.74, 6) is 0.967. The van der Waals surface area contributed by atoms with Gasteiger partial charge in [-0.05, 0) is 34.5 Å². The first-order valence-electron chi connectivity index (χ1n) is 5.31. The Bertz CT molecular complexity index is 565. The van der Waals surface area contributed by atoms with Gasteiger partial charge in [0.25, 0.3) is 0 Å². The minimum Gasteiger partial charge on any atom is -0.497 e. The fourth-order valence-electron chi connectivity index (χ4n) is 1.68. The van der Waals surface area contributed by atoms with E-state index in [0.29, 0.717) is 6.54 Å². The SMILES string of the molecule is COc1ccc2cc(CN=C(N)N)ccc2c1.I. The Hall–Kier alpha value is -1.50. The van der Waals surface area contributed by atoms with E-state index < -0.39 is 0 Å². The lowest BCUT2D eigenvalue weighted by Crippen LogP contribution is -2.22. The van der Waals surface area contributed by atoms with E-state index in [9.17, 15) is 0 Å². The number of fused-ring (bicyclic) bond motifs is 1. The van der Waals surface area contributed by atoms with E-state index in [1.807, 2.05) is 30.3 Å². The molecule has 0 aliphatic heterocycles. The van der Waals surface area contributed by atoms with Gasteiger partial charge in [0.15, 0.2) is 5.96 Å².